The van der Waals surface area contributed by atoms with Gasteiger partial charge in [-0.25, -0.2) is 0 Å². The second kappa shape index (κ2) is 2.10. The van der Waals surface area contributed by atoms with Crippen molar-refractivity contribution in [1.29, 1.82) is 0 Å². The Labute approximate surface area is 74.4 Å². The Bertz CT molecular complexity index is 624. The van der Waals surface area contributed by atoms with Crippen LogP contribution in [0.15, 0.2) is 47.3 Å². The van der Waals surface area contributed by atoms with Gasteiger partial charge in [-0.05, 0) is 24.3 Å². The molecule has 13 heavy (non-hydrogen) atoms. The highest BCUT2D eigenvalue weighted by Gasteiger charge is 2.00. The standard InChI is InChI=1S/C11H7NO/c13-11-6-9-3-1-2-8-4-5-10(7-11)12(8)9/h1-7H. The molecule has 0 bridgehead atoms. The van der Waals surface area contributed by atoms with E-state index in [1.165, 1.54) is 0 Å². The molecular weight excluding hydrogens is 162 g/mol. The van der Waals surface area contributed by atoms with Crippen molar-refractivity contribution in [2.45, 2.75) is 0 Å². The topological polar surface area (TPSA) is 21.5 Å². The molecule has 0 atom stereocenters. The van der Waals surface area contributed by atoms with Crippen LogP contribution < -0.4 is 5.43 Å². The van der Waals surface area contributed by atoms with E-state index in [-0.39, 0.29) is 5.43 Å². The molecule has 3 heterocycles. The van der Waals surface area contributed by atoms with Crippen molar-refractivity contribution in [2.24, 2.45) is 0 Å². The highest BCUT2D eigenvalue weighted by atomic mass is 16.1. The molecule has 3 aromatic heterocycles. The Morgan fingerprint density at radius 2 is 1.46 bits per heavy atom. The zero-order chi connectivity index (χ0) is 8.84. The van der Waals surface area contributed by atoms with Crippen LogP contribution in [0.25, 0.3) is 16.6 Å². The average molecular weight is 169 g/mol. The summed E-state index contributed by atoms with van der Waals surface area (Å²) in [6, 6.07) is 13.2. The molecule has 0 aliphatic rings. The van der Waals surface area contributed by atoms with Crippen molar-refractivity contribution in [1.82, 2.24) is 4.40 Å². The summed E-state index contributed by atoms with van der Waals surface area (Å²) in [6.07, 6.45) is 0. The molecule has 0 amide bonds. The fraction of sp³-hybridized carbons (Fsp3) is 0. The van der Waals surface area contributed by atoms with Crippen molar-refractivity contribution in [3.63, 3.8) is 0 Å². The first kappa shape index (κ1) is 6.66. The summed E-state index contributed by atoms with van der Waals surface area (Å²) >= 11 is 0. The van der Waals surface area contributed by atoms with Gasteiger partial charge in [0.25, 0.3) is 0 Å². The fourth-order valence-corrected chi connectivity index (χ4v) is 1.78. The molecule has 0 spiro atoms. The molecule has 0 aromatic carbocycles. The van der Waals surface area contributed by atoms with E-state index in [0.29, 0.717) is 0 Å². The minimum absolute atomic E-state index is 0.0682. The molecule has 0 aliphatic carbocycles. The SMILES string of the molecule is O=c1cc2cccc3ccc(c1)n32. The summed E-state index contributed by atoms with van der Waals surface area (Å²) in [7, 11) is 0. The van der Waals surface area contributed by atoms with Gasteiger partial charge in [-0.3, -0.25) is 4.79 Å². The molecule has 0 saturated carbocycles. The predicted octanol–water partition coefficient (Wildman–Crippen LogP) is 1.89. The maximum Gasteiger partial charge on any atom is 0.182 e. The summed E-state index contributed by atoms with van der Waals surface area (Å²) in [5.41, 5.74) is 3.13. The Balaban J connectivity index is 2.78. The smallest absolute Gasteiger partial charge is 0.182 e. The monoisotopic (exact) mass is 169 g/mol. The third kappa shape index (κ3) is 0.798. The van der Waals surface area contributed by atoms with E-state index < -0.39 is 0 Å². The number of pyridine rings is 2. The van der Waals surface area contributed by atoms with Gasteiger partial charge in [-0.2, -0.15) is 0 Å². The molecule has 2 nitrogen and oxygen atoms in total. The molecule has 0 aliphatic heterocycles. The summed E-state index contributed by atoms with van der Waals surface area (Å²) in [6.45, 7) is 0. The van der Waals surface area contributed by atoms with Gasteiger partial charge in [0.1, 0.15) is 0 Å². The fourth-order valence-electron chi connectivity index (χ4n) is 1.78. The summed E-state index contributed by atoms with van der Waals surface area (Å²) < 4.78 is 2.07. The number of aromatic nitrogens is 1. The Morgan fingerprint density at radius 3 is 2.31 bits per heavy atom. The van der Waals surface area contributed by atoms with Gasteiger partial charge in [-0.1, -0.05) is 6.07 Å². The Morgan fingerprint density at radius 1 is 0.846 bits per heavy atom. The third-order valence-corrected chi connectivity index (χ3v) is 2.31. The van der Waals surface area contributed by atoms with Crippen LogP contribution in [-0.4, -0.2) is 4.40 Å². The number of nitrogens with zero attached hydrogens (tertiary/aromatic N) is 1. The lowest BCUT2D eigenvalue weighted by molar-refractivity contribution is 1.30. The van der Waals surface area contributed by atoms with Crippen molar-refractivity contribution in [3.05, 3.63) is 52.7 Å². The van der Waals surface area contributed by atoms with Gasteiger partial charge in [-0.15, -0.1) is 0 Å². The maximum atomic E-state index is 11.2. The van der Waals surface area contributed by atoms with Crippen LogP contribution in [0, 0.1) is 0 Å². The lowest BCUT2D eigenvalue weighted by Gasteiger charge is -2.00. The molecule has 3 aromatic rings. The van der Waals surface area contributed by atoms with Crippen molar-refractivity contribution in [2.75, 3.05) is 0 Å². The molecule has 2 heteroatoms. The molecule has 0 fully saturated rings. The summed E-state index contributed by atoms with van der Waals surface area (Å²) in [5.74, 6) is 0. The van der Waals surface area contributed by atoms with E-state index >= 15 is 0 Å². The van der Waals surface area contributed by atoms with Crippen LogP contribution in [0.3, 0.4) is 0 Å². The number of hydrogen-bond donors (Lipinski definition) is 0. The molecule has 0 radical (unpaired) electrons. The van der Waals surface area contributed by atoms with Crippen LogP contribution in [0.5, 0.6) is 0 Å². The lowest BCUT2D eigenvalue weighted by atomic mass is 10.3. The summed E-state index contributed by atoms with van der Waals surface area (Å²) in [5, 5.41) is 0. The third-order valence-electron chi connectivity index (χ3n) is 2.31. The van der Waals surface area contributed by atoms with Crippen LogP contribution in [0.2, 0.25) is 0 Å². The van der Waals surface area contributed by atoms with Gasteiger partial charge in [0.05, 0.1) is 5.52 Å². The van der Waals surface area contributed by atoms with E-state index in [4.69, 9.17) is 0 Å². The maximum absolute atomic E-state index is 11.2. The van der Waals surface area contributed by atoms with Gasteiger partial charge in [0, 0.05) is 23.2 Å². The van der Waals surface area contributed by atoms with E-state index in [1.807, 2.05) is 30.3 Å². The average Bonchev–Trinajstić information content (AvgIpc) is 2.50. The van der Waals surface area contributed by atoms with Crippen LogP contribution in [0.1, 0.15) is 0 Å². The number of hydrogen-bond acceptors (Lipinski definition) is 1. The molecule has 3 rings (SSSR count). The highest BCUT2D eigenvalue weighted by molar-refractivity contribution is 5.71. The van der Waals surface area contributed by atoms with Gasteiger partial charge < -0.3 is 4.40 Å². The van der Waals surface area contributed by atoms with Gasteiger partial charge in [0.2, 0.25) is 0 Å². The minimum Gasteiger partial charge on any atom is -0.310 e. The first-order valence-corrected chi connectivity index (χ1v) is 4.18. The molecule has 62 valence electrons. The second-order valence-corrected chi connectivity index (χ2v) is 3.16. The lowest BCUT2D eigenvalue weighted by Crippen LogP contribution is -1.99. The molecule has 0 N–H and O–H groups in total. The predicted molar refractivity (Wildman–Crippen MR) is 52.4 cm³/mol. The zero-order valence-electron chi connectivity index (χ0n) is 6.90. The first-order valence-electron chi connectivity index (χ1n) is 4.18. The van der Waals surface area contributed by atoms with Gasteiger partial charge >= 0.3 is 0 Å². The van der Waals surface area contributed by atoms with Crippen molar-refractivity contribution in [3.8, 4) is 0 Å². The van der Waals surface area contributed by atoms with Gasteiger partial charge in [0.15, 0.2) is 5.43 Å². The molecule has 0 saturated heterocycles. The van der Waals surface area contributed by atoms with Crippen LogP contribution in [-0.2, 0) is 0 Å². The summed E-state index contributed by atoms with van der Waals surface area (Å²) in [4.78, 5) is 11.2. The van der Waals surface area contributed by atoms with Crippen molar-refractivity contribution >= 4 is 16.6 Å². The van der Waals surface area contributed by atoms with E-state index in [2.05, 4.69) is 4.40 Å². The number of rotatable bonds is 0. The second-order valence-electron chi connectivity index (χ2n) is 3.16. The molecular formula is C11H7NO. The van der Waals surface area contributed by atoms with Crippen LogP contribution >= 0.6 is 0 Å². The normalized spacial score (nSPS) is 11.4. The minimum atomic E-state index is 0.0682. The highest BCUT2D eigenvalue weighted by Crippen LogP contribution is 2.14. The van der Waals surface area contributed by atoms with E-state index in [0.717, 1.165) is 16.6 Å². The quantitative estimate of drug-likeness (QED) is 0.503. The molecule has 0 unspecified atom stereocenters. The zero-order valence-corrected chi connectivity index (χ0v) is 6.90. The van der Waals surface area contributed by atoms with E-state index in [9.17, 15) is 4.79 Å². The first-order chi connectivity index (χ1) is 6.34. The van der Waals surface area contributed by atoms with E-state index in [1.54, 1.807) is 12.1 Å². The van der Waals surface area contributed by atoms with Crippen molar-refractivity contribution < 1.29 is 0 Å². The Hall–Kier alpha value is -1.83. The Kier molecular flexibility index (Phi) is 1.08. The largest absolute Gasteiger partial charge is 0.310 e. The van der Waals surface area contributed by atoms with Crippen LogP contribution in [0.4, 0.5) is 0 Å².